The number of benzene rings is 1. The fraction of sp³-hybridized carbons (Fsp3) is 0.267. The Morgan fingerprint density at radius 3 is 2.65 bits per heavy atom. The standard InChI is InChI=1S/C15H15NO6S/c1-8(14(19)22-3)16-13(18)12(23-15(16)20)7-9-4-5-10(17)11(6-9)21-2/h4-8,17H,1-3H3/b12-7+/t8-/m0/s1. The minimum atomic E-state index is -0.993. The molecule has 1 N–H and O–H groups in total. The van der Waals surface area contributed by atoms with Gasteiger partial charge in [-0.15, -0.1) is 0 Å². The third-order valence-electron chi connectivity index (χ3n) is 3.25. The van der Waals surface area contributed by atoms with Crippen molar-refractivity contribution in [3.8, 4) is 11.5 Å². The zero-order valence-electron chi connectivity index (χ0n) is 12.7. The zero-order chi connectivity index (χ0) is 17.1. The predicted octanol–water partition coefficient (Wildman–Crippen LogP) is 2.00. The molecule has 0 bridgehead atoms. The van der Waals surface area contributed by atoms with Crippen LogP contribution in [0.2, 0.25) is 0 Å². The number of imide groups is 1. The van der Waals surface area contributed by atoms with Crippen LogP contribution in [0, 0.1) is 0 Å². The smallest absolute Gasteiger partial charge is 0.328 e. The maximum absolute atomic E-state index is 12.3. The molecule has 1 fully saturated rings. The molecule has 7 nitrogen and oxygen atoms in total. The van der Waals surface area contributed by atoms with Crippen LogP contribution < -0.4 is 4.74 Å². The first-order valence-corrected chi connectivity index (χ1v) is 7.42. The van der Waals surface area contributed by atoms with Crippen LogP contribution in [0.5, 0.6) is 11.5 Å². The number of hydrogen-bond acceptors (Lipinski definition) is 7. The molecule has 0 aromatic heterocycles. The van der Waals surface area contributed by atoms with Crippen molar-refractivity contribution >= 4 is 35.0 Å². The molecule has 2 rings (SSSR count). The summed E-state index contributed by atoms with van der Waals surface area (Å²) in [6, 6.07) is 3.54. The van der Waals surface area contributed by atoms with E-state index in [1.165, 1.54) is 39.4 Å². The molecule has 0 aliphatic carbocycles. The summed E-state index contributed by atoms with van der Waals surface area (Å²) in [4.78, 5) is 36.9. The molecule has 122 valence electrons. The number of nitrogens with zero attached hydrogens (tertiary/aromatic N) is 1. The number of amides is 2. The summed E-state index contributed by atoms with van der Waals surface area (Å²) in [5.41, 5.74) is 0.580. The van der Waals surface area contributed by atoms with Gasteiger partial charge in [0, 0.05) is 0 Å². The summed E-state index contributed by atoms with van der Waals surface area (Å²) in [5, 5.41) is 9.02. The van der Waals surface area contributed by atoms with E-state index < -0.39 is 23.2 Å². The number of thioether (sulfide) groups is 1. The minimum absolute atomic E-state index is 0.0305. The summed E-state index contributed by atoms with van der Waals surface area (Å²) in [5.74, 6) is -1.01. The van der Waals surface area contributed by atoms with Crippen molar-refractivity contribution < 1.29 is 29.0 Å². The second-order valence-electron chi connectivity index (χ2n) is 4.68. The monoisotopic (exact) mass is 337 g/mol. The van der Waals surface area contributed by atoms with Gasteiger partial charge in [-0.1, -0.05) is 6.07 Å². The highest BCUT2D eigenvalue weighted by atomic mass is 32.2. The normalized spacial score (nSPS) is 17.5. The molecule has 1 atom stereocenters. The van der Waals surface area contributed by atoms with Crippen LogP contribution in [0.1, 0.15) is 12.5 Å². The number of methoxy groups -OCH3 is 2. The van der Waals surface area contributed by atoms with E-state index in [0.717, 1.165) is 16.7 Å². The lowest BCUT2D eigenvalue weighted by Crippen LogP contribution is -2.42. The molecule has 23 heavy (non-hydrogen) atoms. The Balaban J connectivity index is 2.30. The number of hydrogen-bond donors (Lipinski definition) is 1. The van der Waals surface area contributed by atoms with E-state index in [0.29, 0.717) is 5.56 Å². The third-order valence-corrected chi connectivity index (χ3v) is 4.14. The van der Waals surface area contributed by atoms with Crippen molar-refractivity contribution in [1.29, 1.82) is 0 Å². The molecule has 8 heteroatoms. The fourth-order valence-corrected chi connectivity index (χ4v) is 2.93. The van der Waals surface area contributed by atoms with Gasteiger partial charge in [-0.25, -0.2) is 4.79 Å². The van der Waals surface area contributed by atoms with Crippen molar-refractivity contribution in [3.63, 3.8) is 0 Å². The topological polar surface area (TPSA) is 93.1 Å². The van der Waals surface area contributed by atoms with E-state index in [1.54, 1.807) is 6.07 Å². The highest BCUT2D eigenvalue weighted by Crippen LogP contribution is 2.35. The maximum Gasteiger partial charge on any atom is 0.328 e. The lowest BCUT2D eigenvalue weighted by Gasteiger charge is -2.18. The van der Waals surface area contributed by atoms with E-state index in [1.807, 2.05) is 0 Å². The summed E-state index contributed by atoms with van der Waals surface area (Å²) in [7, 11) is 2.60. The molecule has 1 saturated heterocycles. The molecule has 1 heterocycles. The zero-order valence-corrected chi connectivity index (χ0v) is 13.5. The van der Waals surface area contributed by atoms with Gasteiger partial charge < -0.3 is 14.6 Å². The second-order valence-corrected chi connectivity index (χ2v) is 5.68. The van der Waals surface area contributed by atoms with Gasteiger partial charge in [-0.2, -0.15) is 0 Å². The Kier molecular flexibility index (Phi) is 4.95. The molecular weight excluding hydrogens is 322 g/mol. The Labute approximate surface area is 136 Å². The summed E-state index contributed by atoms with van der Waals surface area (Å²) >= 11 is 0.738. The van der Waals surface area contributed by atoms with Gasteiger partial charge in [0.15, 0.2) is 11.5 Å². The summed E-state index contributed by atoms with van der Waals surface area (Å²) in [6.07, 6.45) is 1.50. The largest absolute Gasteiger partial charge is 0.504 e. The van der Waals surface area contributed by atoms with Crippen molar-refractivity contribution in [2.45, 2.75) is 13.0 Å². The SMILES string of the molecule is COC(=O)[C@H](C)N1C(=O)S/C(=C/c2ccc(O)c(OC)c2)C1=O. The molecule has 0 saturated carbocycles. The van der Waals surface area contributed by atoms with Gasteiger partial charge in [-0.05, 0) is 42.5 Å². The van der Waals surface area contributed by atoms with Crippen LogP contribution in [0.3, 0.4) is 0 Å². The number of aromatic hydroxyl groups is 1. The average Bonchev–Trinajstić information content (AvgIpc) is 2.81. The number of esters is 1. The predicted molar refractivity (Wildman–Crippen MR) is 83.9 cm³/mol. The van der Waals surface area contributed by atoms with E-state index >= 15 is 0 Å². The van der Waals surface area contributed by atoms with Crippen molar-refractivity contribution in [2.24, 2.45) is 0 Å². The Morgan fingerprint density at radius 2 is 2.04 bits per heavy atom. The van der Waals surface area contributed by atoms with E-state index in [2.05, 4.69) is 4.74 Å². The quantitative estimate of drug-likeness (QED) is 0.663. The number of carbonyl (C=O) groups excluding carboxylic acids is 3. The number of phenolic OH excluding ortho intramolecular Hbond substituents is 1. The lowest BCUT2D eigenvalue weighted by atomic mass is 10.2. The molecule has 1 aliphatic rings. The van der Waals surface area contributed by atoms with Crippen LogP contribution >= 0.6 is 11.8 Å². The lowest BCUT2D eigenvalue weighted by molar-refractivity contribution is -0.148. The average molecular weight is 337 g/mol. The summed E-state index contributed by atoms with van der Waals surface area (Å²) < 4.78 is 9.55. The number of rotatable bonds is 4. The van der Waals surface area contributed by atoms with Crippen molar-refractivity contribution in [2.75, 3.05) is 14.2 Å². The van der Waals surface area contributed by atoms with Crippen LogP contribution in [-0.2, 0) is 14.3 Å². The minimum Gasteiger partial charge on any atom is -0.504 e. The Bertz CT molecular complexity index is 699. The summed E-state index contributed by atoms with van der Waals surface area (Å²) in [6.45, 7) is 1.43. The van der Waals surface area contributed by atoms with E-state index in [9.17, 15) is 19.5 Å². The first-order valence-electron chi connectivity index (χ1n) is 6.61. The molecule has 1 aromatic carbocycles. The van der Waals surface area contributed by atoms with Gasteiger partial charge in [-0.3, -0.25) is 14.5 Å². The third kappa shape index (κ3) is 3.31. The van der Waals surface area contributed by atoms with Gasteiger partial charge >= 0.3 is 5.97 Å². The van der Waals surface area contributed by atoms with E-state index in [-0.39, 0.29) is 16.4 Å². The second kappa shape index (κ2) is 6.74. The van der Waals surface area contributed by atoms with Gasteiger partial charge in [0.25, 0.3) is 11.1 Å². The molecule has 1 aromatic rings. The molecular formula is C15H15NO6S. The van der Waals surface area contributed by atoms with Crippen LogP contribution in [0.4, 0.5) is 4.79 Å². The Hall–Kier alpha value is -2.48. The maximum atomic E-state index is 12.3. The van der Waals surface area contributed by atoms with Gasteiger partial charge in [0.05, 0.1) is 19.1 Å². The van der Waals surface area contributed by atoms with E-state index in [4.69, 9.17) is 4.74 Å². The highest BCUT2D eigenvalue weighted by molar-refractivity contribution is 8.18. The van der Waals surface area contributed by atoms with Gasteiger partial charge in [0.1, 0.15) is 6.04 Å². The fourth-order valence-electron chi connectivity index (χ4n) is 2.03. The number of phenols is 1. The highest BCUT2D eigenvalue weighted by Gasteiger charge is 2.41. The van der Waals surface area contributed by atoms with Crippen LogP contribution in [-0.4, -0.2) is 47.4 Å². The van der Waals surface area contributed by atoms with Crippen molar-refractivity contribution in [1.82, 2.24) is 4.90 Å². The Morgan fingerprint density at radius 1 is 1.35 bits per heavy atom. The van der Waals surface area contributed by atoms with Crippen LogP contribution in [0.25, 0.3) is 6.08 Å². The number of carbonyl (C=O) groups is 3. The van der Waals surface area contributed by atoms with Crippen molar-refractivity contribution in [3.05, 3.63) is 28.7 Å². The number of ether oxygens (including phenoxy) is 2. The molecule has 0 unspecified atom stereocenters. The van der Waals surface area contributed by atoms with Crippen LogP contribution in [0.15, 0.2) is 23.1 Å². The first kappa shape index (κ1) is 16.9. The molecule has 1 aliphatic heterocycles. The first-order chi connectivity index (χ1) is 10.9. The molecule has 0 spiro atoms. The molecule has 2 amide bonds. The van der Waals surface area contributed by atoms with Gasteiger partial charge in [0.2, 0.25) is 0 Å². The molecule has 0 radical (unpaired) electrons.